The summed E-state index contributed by atoms with van der Waals surface area (Å²) in [4.78, 5) is 6.75. The highest BCUT2D eigenvalue weighted by molar-refractivity contribution is 7.10. The van der Waals surface area contributed by atoms with Gasteiger partial charge in [-0.1, -0.05) is 6.07 Å². The molecule has 2 N–H and O–H groups in total. The van der Waals surface area contributed by atoms with Crippen molar-refractivity contribution in [1.82, 2.24) is 10.3 Å². The monoisotopic (exact) mass is 326 g/mol. The molecule has 0 amide bonds. The maximum absolute atomic E-state index is 9.91. The lowest BCUT2D eigenvalue weighted by Gasteiger charge is -2.16. The number of hydrogen-bond donors (Lipinski definition) is 2. The van der Waals surface area contributed by atoms with Crippen LogP contribution in [0.25, 0.3) is 0 Å². The fourth-order valence-corrected chi connectivity index (χ4v) is 3.48. The maximum Gasteiger partial charge on any atom is 0.0897 e. The zero-order valence-corrected chi connectivity index (χ0v) is 14.0. The van der Waals surface area contributed by atoms with E-state index >= 15 is 0 Å². The molecule has 0 aromatic carbocycles. The second-order valence-corrected chi connectivity index (χ2v) is 6.90. The number of hydrogen-bond acceptors (Lipinski definition) is 6. The van der Waals surface area contributed by atoms with Gasteiger partial charge in [-0.15, -0.1) is 22.7 Å². The van der Waals surface area contributed by atoms with Crippen LogP contribution in [-0.4, -0.2) is 36.0 Å². The fraction of sp³-hybridized carbons (Fsp3) is 0.533. The lowest BCUT2D eigenvalue weighted by Crippen LogP contribution is -2.32. The van der Waals surface area contributed by atoms with Crippen molar-refractivity contribution in [2.45, 2.75) is 32.4 Å². The molecule has 2 aromatic heterocycles. The Bertz CT molecular complexity index is 513. The van der Waals surface area contributed by atoms with Gasteiger partial charge in [-0.3, -0.25) is 0 Å². The van der Waals surface area contributed by atoms with Crippen molar-refractivity contribution in [3.63, 3.8) is 0 Å². The largest absolute Gasteiger partial charge is 0.389 e. The van der Waals surface area contributed by atoms with Crippen LogP contribution < -0.4 is 5.32 Å². The number of aromatic nitrogens is 1. The van der Waals surface area contributed by atoms with Crippen molar-refractivity contribution in [2.75, 3.05) is 19.8 Å². The number of thiazole rings is 1. The van der Waals surface area contributed by atoms with Gasteiger partial charge in [0, 0.05) is 28.8 Å². The van der Waals surface area contributed by atoms with E-state index in [-0.39, 0.29) is 6.04 Å². The molecule has 0 fully saturated rings. The topological polar surface area (TPSA) is 54.4 Å². The highest BCUT2D eigenvalue weighted by Crippen LogP contribution is 2.17. The smallest absolute Gasteiger partial charge is 0.0897 e. The molecular formula is C15H22N2O2S2. The molecule has 21 heavy (non-hydrogen) atoms. The maximum atomic E-state index is 9.91. The summed E-state index contributed by atoms with van der Waals surface area (Å²) >= 11 is 3.38. The molecule has 2 aromatic rings. The van der Waals surface area contributed by atoms with Gasteiger partial charge in [-0.25, -0.2) is 4.98 Å². The van der Waals surface area contributed by atoms with E-state index < -0.39 is 6.10 Å². The fourth-order valence-electron chi connectivity index (χ4n) is 1.96. The van der Waals surface area contributed by atoms with E-state index in [9.17, 15) is 5.11 Å². The number of aliphatic hydroxyl groups is 1. The molecular weight excluding hydrogens is 304 g/mol. The molecule has 6 heteroatoms. The van der Waals surface area contributed by atoms with E-state index in [1.165, 1.54) is 9.75 Å². The SMILES string of the molecule is Cc1ncsc1CCOCC(O)CNC(C)c1cccs1. The molecule has 4 nitrogen and oxygen atoms in total. The van der Waals surface area contributed by atoms with Gasteiger partial charge >= 0.3 is 0 Å². The van der Waals surface area contributed by atoms with Crippen molar-refractivity contribution < 1.29 is 9.84 Å². The third-order valence-corrected chi connectivity index (χ3v) is 5.31. The van der Waals surface area contributed by atoms with Crippen LogP contribution in [0.5, 0.6) is 0 Å². The first-order chi connectivity index (χ1) is 10.2. The lowest BCUT2D eigenvalue weighted by atomic mass is 10.2. The second-order valence-electron chi connectivity index (χ2n) is 4.99. The van der Waals surface area contributed by atoms with Crippen molar-refractivity contribution in [3.8, 4) is 0 Å². The lowest BCUT2D eigenvalue weighted by molar-refractivity contribution is 0.0374. The van der Waals surface area contributed by atoms with Crippen LogP contribution in [0.1, 0.15) is 28.4 Å². The molecule has 0 aliphatic heterocycles. The van der Waals surface area contributed by atoms with E-state index in [0.717, 1.165) is 12.1 Å². The minimum atomic E-state index is -0.477. The zero-order chi connectivity index (χ0) is 15.1. The molecule has 0 radical (unpaired) electrons. The summed E-state index contributed by atoms with van der Waals surface area (Å²) < 4.78 is 5.54. The van der Waals surface area contributed by atoms with Crippen LogP contribution in [0, 0.1) is 6.92 Å². The Kier molecular flexibility index (Phi) is 6.79. The number of aliphatic hydroxyl groups excluding tert-OH is 1. The van der Waals surface area contributed by atoms with Gasteiger partial charge in [0.05, 0.1) is 30.5 Å². The Morgan fingerprint density at radius 1 is 1.43 bits per heavy atom. The average molecular weight is 326 g/mol. The Morgan fingerprint density at radius 3 is 2.95 bits per heavy atom. The molecule has 2 unspecified atom stereocenters. The van der Waals surface area contributed by atoms with Crippen LogP contribution in [-0.2, 0) is 11.2 Å². The molecule has 0 saturated heterocycles. The van der Waals surface area contributed by atoms with Crippen molar-refractivity contribution in [3.05, 3.63) is 38.5 Å². The first-order valence-corrected chi connectivity index (χ1v) is 8.84. The molecule has 2 heterocycles. The summed E-state index contributed by atoms with van der Waals surface area (Å²) in [6, 6.07) is 4.40. The summed E-state index contributed by atoms with van der Waals surface area (Å²) in [6.07, 6.45) is 0.386. The van der Waals surface area contributed by atoms with Crippen molar-refractivity contribution >= 4 is 22.7 Å². The Balaban J connectivity index is 1.57. The number of thiophene rings is 1. The van der Waals surface area contributed by atoms with Crippen LogP contribution >= 0.6 is 22.7 Å². The summed E-state index contributed by atoms with van der Waals surface area (Å²) in [5.41, 5.74) is 2.94. The molecule has 0 aliphatic rings. The van der Waals surface area contributed by atoms with E-state index in [1.807, 2.05) is 18.5 Å². The van der Waals surface area contributed by atoms with E-state index in [1.54, 1.807) is 22.7 Å². The Hall–Kier alpha value is -0.790. The standard InChI is InChI=1S/C15H22N2O2S2/c1-11(14-4-3-7-20-14)16-8-13(18)9-19-6-5-15-12(2)17-10-21-15/h3-4,7,10-11,13,16,18H,5-6,8-9H2,1-2H3. The van der Waals surface area contributed by atoms with Crippen molar-refractivity contribution in [2.24, 2.45) is 0 Å². The van der Waals surface area contributed by atoms with Gasteiger partial charge in [0.25, 0.3) is 0 Å². The first kappa shape index (κ1) is 16.6. The number of rotatable bonds is 9. The van der Waals surface area contributed by atoms with Gasteiger partial charge in [0.2, 0.25) is 0 Å². The highest BCUT2D eigenvalue weighted by Gasteiger charge is 2.10. The summed E-state index contributed by atoms with van der Waals surface area (Å²) in [5, 5.41) is 15.3. The van der Waals surface area contributed by atoms with Crippen LogP contribution in [0.3, 0.4) is 0 Å². The molecule has 0 saturated carbocycles. The van der Waals surface area contributed by atoms with Gasteiger partial charge < -0.3 is 15.2 Å². The third kappa shape index (κ3) is 5.48. The first-order valence-electron chi connectivity index (χ1n) is 7.08. The van der Waals surface area contributed by atoms with Crippen LogP contribution in [0.4, 0.5) is 0 Å². The van der Waals surface area contributed by atoms with Crippen LogP contribution in [0.15, 0.2) is 23.0 Å². The number of nitrogens with zero attached hydrogens (tertiary/aromatic N) is 1. The van der Waals surface area contributed by atoms with Gasteiger partial charge in [0.1, 0.15) is 0 Å². The predicted octanol–water partition coefficient (Wildman–Crippen LogP) is 2.78. The third-order valence-electron chi connectivity index (χ3n) is 3.26. The quantitative estimate of drug-likeness (QED) is 0.696. The summed E-state index contributed by atoms with van der Waals surface area (Å²) in [5.74, 6) is 0. The molecule has 116 valence electrons. The number of nitrogens with one attached hydrogen (secondary N) is 1. The van der Waals surface area contributed by atoms with Gasteiger partial charge in [-0.05, 0) is 25.3 Å². The Labute approximate surface area is 133 Å². The molecule has 0 spiro atoms. The summed E-state index contributed by atoms with van der Waals surface area (Å²) in [7, 11) is 0. The molecule has 2 atom stereocenters. The predicted molar refractivity (Wildman–Crippen MR) is 88.1 cm³/mol. The normalized spacial score (nSPS) is 14.2. The minimum Gasteiger partial charge on any atom is -0.389 e. The van der Waals surface area contributed by atoms with Gasteiger partial charge in [-0.2, -0.15) is 0 Å². The molecule has 2 rings (SSSR count). The average Bonchev–Trinajstić information content (AvgIpc) is 3.13. The van der Waals surface area contributed by atoms with E-state index in [4.69, 9.17) is 4.74 Å². The highest BCUT2D eigenvalue weighted by atomic mass is 32.1. The van der Waals surface area contributed by atoms with E-state index in [0.29, 0.717) is 19.8 Å². The molecule has 0 bridgehead atoms. The summed E-state index contributed by atoms with van der Waals surface area (Å²) in [6.45, 7) is 5.64. The van der Waals surface area contributed by atoms with Crippen LogP contribution in [0.2, 0.25) is 0 Å². The van der Waals surface area contributed by atoms with Crippen molar-refractivity contribution in [1.29, 1.82) is 0 Å². The number of aryl methyl sites for hydroxylation is 1. The Morgan fingerprint density at radius 2 is 2.29 bits per heavy atom. The van der Waals surface area contributed by atoms with Gasteiger partial charge in [0.15, 0.2) is 0 Å². The number of ether oxygens (including phenoxy) is 1. The second kappa shape index (κ2) is 8.60. The van der Waals surface area contributed by atoms with E-state index in [2.05, 4.69) is 28.7 Å². The minimum absolute atomic E-state index is 0.263. The molecule has 0 aliphatic carbocycles. The zero-order valence-electron chi connectivity index (χ0n) is 12.4.